The molecule has 3 N–H and O–H groups in total. The van der Waals surface area contributed by atoms with Crippen molar-refractivity contribution in [1.82, 2.24) is 4.98 Å². The zero-order valence-corrected chi connectivity index (χ0v) is 24.8. The van der Waals surface area contributed by atoms with Crippen molar-refractivity contribution in [3.8, 4) is 11.1 Å². The molecule has 4 aromatic carbocycles. The molecule has 1 aromatic heterocycles. The van der Waals surface area contributed by atoms with Crippen molar-refractivity contribution in [3.63, 3.8) is 0 Å². The minimum atomic E-state index is -0.813. The maximum Gasteiger partial charge on any atom is 0.303 e. The molecule has 222 valence electrons. The highest BCUT2D eigenvalue weighted by Gasteiger charge is 2.30. The molecule has 1 atom stereocenters. The van der Waals surface area contributed by atoms with Gasteiger partial charge in [-0.25, -0.2) is 0 Å². The van der Waals surface area contributed by atoms with Gasteiger partial charge in [-0.1, -0.05) is 48.0 Å². The van der Waals surface area contributed by atoms with Crippen molar-refractivity contribution in [2.75, 3.05) is 11.5 Å². The Hall–Kier alpha value is -5.44. The van der Waals surface area contributed by atoms with E-state index in [1.165, 1.54) is 13.8 Å². The largest absolute Gasteiger partial charge is 0.462 e. The number of aromatic amines is 1. The van der Waals surface area contributed by atoms with E-state index < -0.39 is 23.9 Å². The number of hydrogen-bond acceptors (Lipinski definition) is 6. The van der Waals surface area contributed by atoms with E-state index in [-0.39, 0.29) is 12.5 Å². The number of nitrogens with one attached hydrogen (secondary N) is 1. The van der Waals surface area contributed by atoms with Crippen molar-refractivity contribution in [3.05, 3.63) is 100 Å². The monoisotopic (exact) mass is 589 g/mol. The number of nitrogens with zero attached hydrogens (tertiary/aromatic N) is 1. The summed E-state index contributed by atoms with van der Waals surface area (Å²) in [5.41, 5.74) is 14.2. The molecular formula is C35H31N3O6. The maximum absolute atomic E-state index is 13.5. The van der Waals surface area contributed by atoms with Gasteiger partial charge in [-0.2, -0.15) is 0 Å². The highest BCUT2D eigenvalue weighted by molar-refractivity contribution is 6.20. The Balaban J connectivity index is 1.49. The third-order valence-corrected chi connectivity index (χ3v) is 8.12. The summed E-state index contributed by atoms with van der Waals surface area (Å²) in [6, 6.07) is 20.9. The SMILES string of the molecule is CC(=O)OCC(OC(C)=O)c1ccc2c(c1)[nH]c1c(C(N)=O)ccc(-c3cccc(N4Cc5ccc(C)cc5C4=O)c3C)c12. The van der Waals surface area contributed by atoms with Crippen LogP contribution in [0.25, 0.3) is 32.9 Å². The van der Waals surface area contributed by atoms with Crippen LogP contribution in [0.5, 0.6) is 0 Å². The molecule has 9 nitrogen and oxygen atoms in total. The summed E-state index contributed by atoms with van der Waals surface area (Å²) in [6.45, 7) is 6.90. The summed E-state index contributed by atoms with van der Waals surface area (Å²) in [5, 5.41) is 1.61. The fourth-order valence-corrected chi connectivity index (χ4v) is 6.07. The second-order valence-corrected chi connectivity index (χ2v) is 11.1. The molecule has 6 rings (SSSR count). The summed E-state index contributed by atoms with van der Waals surface area (Å²) in [7, 11) is 0. The van der Waals surface area contributed by atoms with Crippen molar-refractivity contribution < 1.29 is 28.7 Å². The number of carbonyl (C=O) groups is 4. The molecule has 0 saturated carbocycles. The number of esters is 2. The quantitative estimate of drug-likeness (QED) is 0.223. The zero-order valence-electron chi connectivity index (χ0n) is 24.8. The number of anilines is 1. The predicted octanol–water partition coefficient (Wildman–Crippen LogP) is 6.03. The number of nitrogens with two attached hydrogens (primary N) is 1. The lowest BCUT2D eigenvalue weighted by Gasteiger charge is -2.21. The Kier molecular flexibility index (Phi) is 7.17. The van der Waals surface area contributed by atoms with Crippen molar-refractivity contribution >= 4 is 51.2 Å². The number of amides is 2. The second kappa shape index (κ2) is 11.0. The van der Waals surface area contributed by atoms with E-state index in [1.807, 2.05) is 68.4 Å². The number of H-pyrrole nitrogens is 1. The standard InChI is InChI=1S/C35H31N3O6/c1-18-8-9-23-16-38(35(42)28(23)14-18)30-7-5-6-24(19(30)2)25-12-13-27(34(36)41)33-32(25)26-11-10-22(15-29(26)37-33)31(44-21(4)40)17-43-20(3)39/h5-15,31,37H,16-17H2,1-4H3,(H2,36,41). The molecule has 9 heteroatoms. The smallest absolute Gasteiger partial charge is 0.303 e. The van der Waals surface area contributed by atoms with Crippen LogP contribution in [0.1, 0.15) is 62.9 Å². The Morgan fingerprint density at radius 3 is 2.45 bits per heavy atom. The molecule has 0 spiro atoms. The van der Waals surface area contributed by atoms with Crippen LogP contribution in [0.2, 0.25) is 0 Å². The fraction of sp³-hybridized carbons (Fsp3) is 0.200. The molecule has 1 aliphatic rings. The van der Waals surface area contributed by atoms with E-state index in [0.717, 1.165) is 49.8 Å². The van der Waals surface area contributed by atoms with Gasteiger partial charge in [0.15, 0.2) is 6.10 Å². The summed E-state index contributed by atoms with van der Waals surface area (Å²) in [6.07, 6.45) is -0.813. The van der Waals surface area contributed by atoms with Crippen LogP contribution in [0, 0.1) is 13.8 Å². The second-order valence-electron chi connectivity index (χ2n) is 11.1. The average Bonchev–Trinajstić information content (AvgIpc) is 3.52. The highest BCUT2D eigenvalue weighted by atomic mass is 16.6. The van der Waals surface area contributed by atoms with E-state index in [2.05, 4.69) is 4.98 Å². The number of fused-ring (bicyclic) bond motifs is 4. The molecule has 2 heterocycles. The molecule has 0 radical (unpaired) electrons. The fourth-order valence-electron chi connectivity index (χ4n) is 6.07. The number of aromatic nitrogens is 1. The summed E-state index contributed by atoms with van der Waals surface area (Å²) >= 11 is 0. The Morgan fingerprint density at radius 1 is 0.932 bits per heavy atom. The van der Waals surface area contributed by atoms with Gasteiger partial charge >= 0.3 is 11.9 Å². The number of benzene rings is 4. The van der Waals surface area contributed by atoms with Gasteiger partial charge < -0.3 is 25.1 Å². The number of carbonyl (C=O) groups excluding carboxylic acids is 4. The van der Waals surface area contributed by atoms with E-state index in [0.29, 0.717) is 28.7 Å². The summed E-state index contributed by atoms with van der Waals surface area (Å²) < 4.78 is 10.6. The van der Waals surface area contributed by atoms with Gasteiger partial charge in [-0.15, -0.1) is 0 Å². The Morgan fingerprint density at radius 2 is 1.73 bits per heavy atom. The molecule has 1 unspecified atom stereocenters. The number of aryl methyl sites for hydroxylation is 1. The minimum Gasteiger partial charge on any atom is -0.462 e. The summed E-state index contributed by atoms with van der Waals surface area (Å²) in [5.74, 6) is -1.62. The van der Waals surface area contributed by atoms with Crippen LogP contribution in [-0.4, -0.2) is 35.3 Å². The minimum absolute atomic E-state index is 0.0334. The first-order chi connectivity index (χ1) is 21.0. The van der Waals surface area contributed by atoms with E-state index in [1.54, 1.807) is 17.0 Å². The van der Waals surface area contributed by atoms with Crippen LogP contribution >= 0.6 is 0 Å². The van der Waals surface area contributed by atoms with E-state index in [9.17, 15) is 19.2 Å². The van der Waals surface area contributed by atoms with E-state index in [4.69, 9.17) is 15.2 Å². The first-order valence-corrected chi connectivity index (χ1v) is 14.2. The third kappa shape index (κ3) is 4.96. The molecule has 44 heavy (non-hydrogen) atoms. The first kappa shape index (κ1) is 28.7. The van der Waals surface area contributed by atoms with E-state index >= 15 is 0 Å². The van der Waals surface area contributed by atoms with Crippen LogP contribution in [0.3, 0.4) is 0 Å². The van der Waals surface area contributed by atoms with Gasteiger partial charge in [0.2, 0.25) is 0 Å². The normalized spacial score (nSPS) is 13.3. The Bertz CT molecular complexity index is 2020. The van der Waals surface area contributed by atoms with Gasteiger partial charge in [-0.3, -0.25) is 19.2 Å². The molecule has 2 amide bonds. The van der Waals surface area contributed by atoms with Crippen molar-refractivity contribution in [2.45, 2.75) is 40.3 Å². The molecular weight excluding hydrogens is 558 g/mol. The van der Waals surface area contributed by atoms with Gasteiger partial charge in [0.05, 0.1) is 17.6 Å². The lowest BCUT2D eigenvalue weighted by atomic mass is 9.93. The maximum atomic E-state index is 13.5. The number of ether oxygens (including phenoxy) is 2. The number of hydrogen-bond donors (Lipinski definition) is 2. The van der Waals surface area contributed by atoms with Gasteiger partial charge in [-0.05, 0) is 65.9 Å². The topological polar surface area (TPSA) is 132 Å². The highest BCUT2D eigenvalue weighted by Crippen LogP contribution is 2.41. The van der Waals surface area contributed by atoms with Gasteiger partial charge in [0.1, 0.15) is 6.61 Å². The molecule has 0 saturated heterocycles. The predicted molar refractivity (Wildman–Crippen MR) is 167 cm³/mol. The van der Waals surface area contributed by atoms with Gasteiger partial charge in [0, 0.05) is 41.4 Å². The van der Waals surface area contributed by atoms with Gasteiger partial charge in [0.25, 0.3) is 11.8 Å². The molecule has 0 bridgehead atoms. The number of rotatable bonds is 7. The van der Waals surface area contributed by atoms with Crippen molar-refractivity contribution in [2.24, 2.45) is 5.73 Å². The Labute approximate surface area is 253 Å². The average molecular weight is 590 g/mol. The molecule has 0 fully saturated rings. The summed E-state index contributed by atoms with van der Waals surface area (Å²) in [4.78, 5) is 54.4. The lowest BCUT2D eigenvalue weighted by molar-refractivity contribution is -0.156. The molecule has 5 aromatic rings. The van der Waals surface area contributed by atoms with Crippen LogP contribution in [0.4, 0.5) is 5.69 Å². The lowest BCUT2D eigenvalue weighted by Crippen LogP contribution is -2.24. The first-order valence-electron chi connectivity index (χ1n) is 14.2. The third-order valence-electron chi connectivity index (χ3n) is 8.12. The van der Waals surface area contributed by atoms with Crippen LogP contribution < -0.4 is 10.6 Å². The van der Waals surface area contributed by atoms with Crippen LogP contribution in [0.15, 0.2) is 66.7 Å². The number of primary amides is 1. The zero-order chi connectivity index (χ0) is 31.3. The van der Waals surface area contributed by atoms with Crippen molar-refractivity contribution in [1.29, 1.82) is 0 Å². The van der Waals surface area contributed by atoms with Crippen LogP contribution in [-0.2, 0) is 25.6 Å². The molecule has 0 aliphatic carbocycles. The molecule has 1 aliphatic heterocycles.